The minimum Gasteiger partial charge on any atom is -0.340 e. The van der Waals surface area contributed by atoms with Crippen molar-refractivity contribution in [2.24, 2.45) is 0 Å². The van der Waals surface area contributed by atoms with Crippen LogP contribution in [0.1, 0.15) is 28.8 Å². The van der Waals surface area contributed by atoms with Crippen molar-refractivity contribution in [1.82, 2.24) is 9.97 Å². The lowest BCUT2D eigenvalue weighted by Crippen LogP contribution is -2.19. The van der Waals surface area contributed by atoms with Gasteiger partial charge < -0.3 is 16.0 Å². The van der Waals surface area contributed by atoms with E-state index < -0.39 is 17.8 Å². The van der Waals surface area contributed by atoms with Gasteiger partial charge in [0.15, 0.2) is 0 Å². The lowest BCUT2D eigenvalue weighted by Gasteiger charge is -2.13. The minimum atomic E-state index is -4.48. The molecule has 1 aliphatic carbocycles. The van der Waals surface area contributed by atoms with Crippen LogP contribution in [-0.4, -0.2) is 16.0 Å². The third kappa shape index (κ3) is 4.67. The normalized spacial score (nSPS) is 13.4. The van der Waals surface area contributed by atoms with E-state index in [-0.39, 0.29) is 5.69 Å². The van der Waals surface area contributed by atoms with Crippen molar-refractivity contribution in [1.29, 1.82) is 0 Å². The van der Waals surface area contributed by atoms with Crippen LogP contribution in [0.4, 0.5) is 40.8 Å². The second-order valence-electron chi connectivity index (χ2n) is 7.97. The highest BCUT2D eigenvalue weighted by atomic mass is 32.1. The summed E-state index contributed by atoms with van der Waals surface area (Å²) in [5, 5.41) is 9.46. The van der Waals surface area contributed by atoms with Gasteiger partial charge in [0.1, 0.15) is 17.0 Å². The quantitative estimate of drug-likeness (QED) is 0.293. The number of amides is 2. The first kappa shape index (κ1) is 22.1. The van der Waals surface area contributed by atoms with Crippen molar-refractivity contribution in [3.05, 3.63) is 70.9 Å². The first-order chi connectivity index (χ1) is 16.4. The molecule has 3 N–H and O–H groups in total. The van der Waals surface area contributed by atoms with E-state index in [9.17, 15) is 18.0 Å². The molecule has 10 heteroatoms. The number of aryl methyl sites for hydroxylation is 2. The van der Waals surface area contributed by atoms with Crippen LogP contribution in [0.3, 0.4) is 0 Å². The maximum atomic E-state index is 12.9. The molecular formula is C24H20F3N5OS. The van der Waals surface area contributed by atoms with E-state index in [1.807, 2.05) is 0 Å². The molecule has 6 nitrogen and oxygen atoms in total. The molecular weight excluding hydrogens is 463 g/mol. The molecule has 0 saturated carbocycles. The van der Waals surface area contributed by atoms with Crippen LogP contribution < -0.4 is 16.0 Å². The van der Waals surface area contributed by atoms with Gasteiger partial charge in [-0.15, -0.1) is 11.3 Å². The number of anilines is 4. The van der Waals surface area contributed by atoms with Crippen molar-refractivity contribution in [3.8, 4) is 0 Å². The zero-order valence-corrected chi connectivity index (χ0v) is 18.7. The standard InChI is InChI=1S/C24H20F3N5OS/c25-24(26,27)14-4-3-5-17(12-14)32-23(33)31-16-10-8-15(9-11-16)30-21-20-18-6-1-2-7-19(18)34-22(20)29-13-28-21/h3-5,8-13H,1-2,6-7H2,(H,28,29,30)(H2,31,32,33). The van der Waals surface area contributed by atoms with Crippen LogP contribution in [0, 0.1) is 0 Å². The number of rotatable bonds is 4. The van der Waals surface area contributed by atoms with Crippen LogP contribution in [0.25, 0.3) is 10.2 Å². The molecule has 0 aliphatic heterocycles. The smallest absolute Gasteiger partial charge is 0.340 e. The van der Waals surface area contributed by atoms with E-state index in [0.29, 0.717) is 5.69 Å². The number of halogens is 3. The Balaban J connectivity index is 1.27. The fourth-order valence-corrected chi connectivity index (χ4v) is 5.25. The highest BCUT2D eigenvalue weighted by Crippen LogP contribution is 2.39. The number of urea groups is 1. The number of nitrogens with zero attached hydrogens (tertiary/aromatic N) is 2. The predicted molar refractivity (Wildman–Crippen MR) is 128 cm³/mol. The van der Waals surface area contributed by atoms with E-state index in [1.165, 1.54) is 29.0 Å². The molecule has 0 atom stereocenters. The van der Waals surface area contributed by atoms with Gasteiger partial charge in [0.25, 0.3) is 0 Å². The van der Waals surface area contributed by atoms with Gasteiger partial charge in [-0.2, -0.15) is 13.2 Å². The van der Waals surface area contributed by atoms with E-state index in [4.69, 9.17) is 0 Å². The lowest BCUT2D eigenvalue weighted by atomic mass is 9.97. The van der Waals surface area contributed by atoms with Crippen molar-refractivity contribution in [2.75, 3.05) is 16.0 Å². The molecule has 2 amide bonds. The number of aromatic nitrogens is 2. The average molecular weight is 484 g/mol. The highest BCUT2D eigenvalue weighted by Gasteiger charge is 2.30. The molecule has 34 heavy (non-hydrogen) atoms. The molecule has 0 bridgehead atoms. The number of carbonyl (C=O) groups excluding carboxylic acids is 1. The van der Waals surface area contributed by atoms with Crippen LogP contribution in [-0.2, 0) is 19.0 Å². The molecule has 0 fully saturated rings. The van der Waals surface area contributed by atoms with Crippen LogP contribution in [0.15, 0.2) is 54.9 Å². The third-order valence-corrected chi connectivity index (χ3v) is 6.80. The summed E-state index contributed by atoms with van der Waals surface area (Å²) in [6, 6.07) is 10.8. The summed E-state index contributed by atoms with van der Waals surface area (Å²) < 4.78 is 38.6. The van der Waals surface area contributed by atoms with Gasteiger partial charge in [0, 0.05) is 21.9 Å². The Hall–Kier alpha value is -3.66. The van der Waals surface area contributed by atoms with Gasteiger partial charge in [-0.25, -0.2) is 14.8 Å². The van der Waals surface area contributed by atoms with Crippen molar-refractivity contribution >= 4 is 50.5 Å². The average Bonchev–Trinajstić information content (AvgIpc) is 3.19. The van der Waals surface area contributed by atoms with Gasteiger partial charge in [0.2, 0.25) is 0 Å². The topological polar surface area (TPSA) is 78.9 Å². The second kappa shape index (κ2) is 8.94. The summed E-state index contributed by atoms with van der Waals surface area (Å²) >= 11 is 1.73. The lowest BCUT2D eigenvalue weighted by molar-refractivity contribution is -0.137. The molecule has 0 unspecified atom stereocenters. The SMILES string of the molecule is O=C(Nc1ccc(Nc2ncnc3sc4c(c23)CCCC4)cc1)Nc1cccc(C(F)(F)F)c1. The van der Waals surface area contributed by atoms with Crippen LogP contribution >= 0.6 is 11.3 Å². The van der Waals surface area contributed by atoms with Crippen LogP contribution in [0.5, 0.6) is 0 Å². The summed E-state index contributed by atoms with van der Waals surface area (Å²) in [6.45, 7) is 0. The molecule has 0 spiro atoms. The maximum Gasteiger partial charge on any atom is 0.416 e. The Labute approximate surface area is 197 Å². The summed E-state index contributed by atoms with van der Waals surface area (Å²) in [4.78, 5) is 23.5. The summed E-state index contributed by atoms with van der Waals surface area (Å²) in [5.74, 6) is 0.757. The number of carbonyl (C=O) groups is 1. The van der Waals surface area contributed by atoms with Crippen molar-refractivity contribution < 1.29 is 18.0 Å². The monoisotopic (exact) mass is 483 g/mol. The summed E-state index contributed by atoms with van der Waals surface area (Å²) in [7, 11) is 0. The van der Waals surface area contributed by atoms with Gasteiger partial charge >= 0.3 is 12.2 Å². The van der Waals surface area contributed by atoms with E-state index in [2.05, 4.69) is 25.9 Å². The fourth-order valence-electron chi connectivity index (χ4n) is 4.03. The number of thiophene rings is 1. The highest BCUT2D eigenvalue weighted by molar-refractivity contribution is 7.19. The molecule has 5 rings (SSSR count). The Morgan fingerprint density at radius 3 is 2.44 bits per heavy atom. The van der Waals surface area contributed by atoms with Crippen molar-refractivity contribution in [2.45, 2.75) is 31.9 Å². The fraction of sp³-hybridized carbons (Fsp3) is 0.208. The Morgan fingerprint density at radius 2 is 1.65 bits per heavy atom. The van der Waals surface area contributed by atoms with Gasteiger partial charge in [-0.3, -0.25) is 0 Å². The van der Waals surface area contributed by atoms with E-state index >= 15 is 0 Å². The van der Waals surface area contributed by atoms with E-state index in [0.717, 1.165) is 53.1 Å². The first-order valence-electron chi connectivity index (χ1n) is 10.7. The second-order valence-corrected chi connectivity index (χ2v) is 9.06. The number of hydrogen-bond donors (Lipinski definition) is 3. The molecule has 2 aromatic carbocycles. The number of fused-ring (bicyclic) bond motifs is 3. The molecule has 2 aromatic heterocycles. The number of benzene rings is 2. The predicted octanol–water partition coefficient (Wildman–Crippen LogP) is 6.98. The van der Waals surface area contributed by atoms with Crippen molar-refractivity contribution in [3.63, 3.8) is 0 Å². The van der Waals surface area contributed by atoms with Gasteiger partial charge in [-0.05, 0) is 73.7 Å². The van der Waals surface area contributed by atoms with Gasteiger partial charge in [-0.1, -0.05) is 6.07 Å². The zero-order valence-electron chi connectivity index (χ0n) is 17.9. The minimum absolute atomic E-state index is 0.0532. The largest absolute Gasteiger partial charge is 0.416 e. The summed E-state index contributed by atoms with van der Waals surface area (Å²) in [6.07, 6.45) is 1.55. The first-order valence-corrected chi connectivity index (χ1v) is 11.6. The molecule has 1 aliphatic rings. The van der Waals surface area contributed by atoms with Crippen LogP contribution in [0.2, 0.25) is 0 Å². The Bertz CT molecular complexity index is 1350. The third-order valence-electron chi connectivity index (χ3n) is 5.60. The Kier molecular flexibility index (Phi) is 5.82. The number of alkyl halides is 3. The molecule has 0 radical (unpaired) electrons. The van der Waals surface area contributed by atoms with Gasteiger partial charge in [0.05, 0.1) is 10.9 Å². The molecule has 174 valence electrons. The zero-order chi connectivity index (χ0) is 23.7. The molecule has 2 heterocycles. The maximum absolute atomic E-state index is 12.9. The summed E-state index contributed by atoms with van der Waals surface area (Å²) in [5.41, 5.74) is 1.85. The number of nitrogens with one attached hydrogen (secondary N) is 3. The molecule has 4 aromatic rings. The Morgan fingerprint density at radius 1 is 0.912 bits per heavy atom. The molecule has 0 saturated heterocycles. The number of hydrogen-bond acceptors (Lipinski definition) is 5. The van der Waals surface area contributed by atoms with E-state index in [1.54, 1.807) is 41.9 Å².